The third-order valence-electron chi connectivity index (χ3n) is 4.09. The summed E-state index contributed by atoms with van der Waals surface area (Å²) in [5.41, 5.74) is 1.34. The number of aromatic nitrogens is 1. The van der Waals surface area contributed by atoms with Crippen molar-refractivity contribution in [2.45, 2.75) is 6.54 Å². The zero-order chi connectivity index (χ0) is 18.3. The minimum Gasteiger partial charge on any atom is -0.442 e. The van der Waals surface area contributed by atoms with Gasteiger partial charge in [-0.3, -0.25) is 19.0 Å². The molecular formula is C18H12N2O6. The Morgan fingerprint density at radius 3 is 2.23 bits per heavy atom. The molecule has 0 spiro atoms. The van der Waals surface area contributed by atoms with E-state index in [0.717, 1.165) is 9.47 Å². The molecule has 8 heteroatoms. The summed E-state index contributed by atoms with van der Waals surface area (Å²) in [6.45, 7) is -0.908. The van der Waals surface area contributed by atoms with Crippen LogP contribution in [-0.2, 0) is 16.1 Å². The van der Waals surface area contributed by atoms with Crippen LogP contribution in [0.1, 0.15) is 20.7 Å². The second kappa shape index (κ2) is 5.99. The van der Waals surface area contributed by atoms with Gasteiger partial charge in [-0.05, 0) is 24.3 Å². The van der Waals surface area contributed by atoms with Crippen LogP contribution >= 0.6 is 0 Å². The summed E-state index contributed by atoms with van der Waals surface area (Å²) in [6.07, 6.45) is 0. The van der Waals surface area contributed by atoms with Gasteiger partial charge in [0.15, 0.2) is 12.3 Å². The molecule has 4 rings (SSSR count). The molecule has 2 aromatic carbocycles. The van der Waals surface area contributed by atoms with Crippen molar-refractivity contribution in [3.05, 3.63) is 70.2 Å². The predicted octanol–water partition coefficient (Wildman–Crippen LogP) is 1.39. The van der Waals surface area contributed by atoms with Gasteiger partial charge in [-0.1, -0.05) is 24.3 Å². The van der Waals surface area contributed by atoms with Crippen LogP contribution in [0.3, 0.4) is 0 Å². The number of fused-ring (bicyclic) bond motifs is 2. The lowest BCUT2D eigenvalue weighted by Crippen LogP contribution is -2.34. The van der Waals surface area contributed by atoms with Gasteiger partial charge in [0, 0.05) is 0 Å². The molecule has 1 aromatic heterocycles. The summed E-state index contributed by atoms with van der Waals surface area (Å²) in [6, 6.07) is 13.0. The van der Waals surface area contributed by atoms with E-state index in [1.54, 1.807) is 36.4 Å². The van der Waals surface area contributed by atoms with Crippen molar-refractivity contribution in [2.24, 2.45) is 0 Å². The predicted molar refractivity (Wildman–Crippen MR) is 88.4 cm³/mol. The Hall–Kier alpha value is -3.68. The molecule has 1 aliphatic rings. The minimum atomic E-state index is -0.768. The first kappa shape index (κ1) is 15.8. The number of carbonyl (C=O) groups excluding carboxylic acids is 3. The van der Waals surface area contributed by atoms with Crippen LogP contribution in [0.25, 0.3) is 11.1 Å². The summed E-state index contributed by atoms with van der Waals surface area (Å²) < 4.78 is 11.2. The van der Waals surface area contributed by atoms with Crippen LogP contribution in [-0.4, -0.2) is 34.0 Å². The highest BCUT2D eigenvalue weighted by atomic mass is 16.5. The largest absolute Gasteiger partial charge is 0.442 e. The van der Waals surface area contributed by atoms with Crippen LogP contribution in [0.4, 0.5) is 0 Å². The van der Waals surface area contributed by atoms with Crippen LogP contribution in [0.5, 0.6) is 0 Å². The summed E-state index contributed by atoms with van der Waals surface area (Å²) in [5, 5.41) is 0. The lowest BCUT2D eigenvalue weighted by molar-refractivity contribution is -0.147. The normalized spacial score (nSPS) is 13.3. The van der Waals surface area contributed by atoms with Crippen LogP contribution < -0.4 is 5.76 Å². The van der Waals surface area contributed by atoms with E-state index >= 15 is 0 Å². The van der Waals surface area contributed by atoms with Crippen LogP contribution in [0.2, 0.25) is 0 Å². The number of amides is 2. The van der Waals surface area contributed by atoms with E-state index in [1.807, 2.05) is 0 Å². The first-order chi connectivity index (χ1) is 12.6. The third kappa shape index (κ3) is 2.48. The molecule has 0 unspecified atom stereocenters. The topological polar surface area (TPSA) is 98.8 Å². The Kier molecular flexibility index (Phi) is 3.65. The highest BCUT2D eigenvalue weighted by molar-refractivity contribution is 6.21. The molecule has 0 aliphatic carbocycles. The number of hydrogen-bond donors (Lipinski definition) is 0. The molecule has 26 heavy (non-hydrogen) atoms. The monoisotopic (exact) mass is 352 g/mol. The minimum absolute atomic E-state index is 0.269. The zero-order valence-electron chi connectivity index (χ0n) is 13.4. The molecule has 0 saturated heterocycles. The van der Waals surface area contributed by atoms with E-state index in [2.05, 4.69) is 0 Å². The maximum absolute atomic E-state index is 12.2. The summed E-state index contributed by atoms with van der Waals surface area (Å²) >= 11 is 0. The molecule has 130 valence electrons. The Bertz CT molecular complexity index is 1080. The Morgan fingerprint density at radius 1 is 0.923 bits per heavy atom. The van der Waals surface area contributed by atoms with Gasteiger partial charge in [0.2, 0.25) is 0 Å². The third-order valence-corrected chi connectivity index (χ3v) is 4.09. The molecule has 0 fully saturated rings. The van der Waals surface area contributed by atoms with Crippen molar-refractivity contribution >= 4 is 28.9 Å². The number of oxazole rings is 1. The molecule has 0 saturated carbocycles. The van der Waals surface area contributed by atoms with Crippen molar-refractivity contribution in [2.75, 3.05) is 6.73 Å². The van der Waals surface area contributed by atoms with Gasteiger partial charge >= 0.3 is 11.7 Å². The van der Waals surface area contributed by atoms with E-state index in [1.165, 1.54) is 12.1 Å². The quantitative estimate of drug-likeness (QED) is 0.520. The van der Waals surface area contributed by atoms with E-state index in [-0.39, 0.29) is 17.7 Å². The van der Waals surface area contributed by atoms with Crippen LogP contribution in [0, 0.1) is 0 Å². The average molecular weight is 352 g/mol. The maximum atomic E-state index is 12.2. The SMILES string of the molecule is O=C(Cn1c(=O)oc2ccccc21)OCN1C(=O)c2ccccc2C1=O. The number of ether oxygens (including phenoxy) is 1. The second-order valence-corrected chi connectivity index (χ2v) is 5.65. The van der Waals surface area contributed by atoms with Crippen molar-refractivity contribution < 1.29 is 23.5 Å². The van der Waals surface area contributed by atoms with Gasteiger partial charge in [-0.15, -0.1) is 0 Å². The van der Waals surface area contributed by atoms with Crippen molar-refractivity contribution in [3.63, 3.8) is 0 Å². The van der Waals surface area contributed by atoms with E-state index in [4.69, 9.17) is 9.15 Å². The number of rotatable bonds is 4. The fourth-order valence-electron chi connectivity index (χ4n) is 2.83. The van der Waals surface area contributed by atoms with Crippen LogP contribution in [0.15, 0.2) is 57.7 Å². The van der Waals surface area contributed by atoms with Crippen molar-refractivity contribution in [3.8, 4) is 0 Å². The number of para-hydroxylation sites is 2. The van der Waals surface area contributed by atoms with Gasteiger partial charge in [0.05, 0.1) is 16.6 Å². The number of imide groups is 1. The van der Waals surface area contributed by atoms with Crippen molar-refractivity contribution in [1.29, 1.82) is 0 Å². The fourth-order valence-corrected chi connectivity index (χ4v) is 2.83. The average Bonchev–Trinajstić information content (AvgIpc) is 3.09. The molecule has 2 amide bonds. The number of esters is 1. The molecule has 1 aliphatic heterocycles. The number of benzene rings is 2. The lowest BCUT2D eigenvalue weighted by atomic mass is 10.1. The molecule has 0 N–H and O–H groups in total. The molecule has 8 nitrogen and oxygen atoms in total. The molecule has 3 aromatic rings. The Balaban J connectivity index is 1.47. The first-order valence-corrected chi connectivity index (χ1v) is 7.75. The zero-order valence-corrected chi connectivity index (χ0v) is 13.4. The molecular weight excluding hydrogens is 340 g/mol. The standard InChI is InChI=1S/C18H12N2O6/c21-15(9-19-13-7-3-4-8-14(13)26-18(19)24)25-10-20-16(22)11-5-1-2-6-12(11)17(20)23/h1-8H,9-10H2. The van der Waals surface area contributed by atoms with Crippen molar-refractivity contribution in [1.82, 2.24) is 9.47 Å². The Morgan fingerprint density at radius 2 is 1.54 bits per heavy atom. The summed E-state index contributed by atoms with van der Waals surface area (Å²) in [5.74, 6) is -2.51. The molecule has 0 bridgehead atoms. The lowest BCUT2D eigenvalue weighted by Gasteiger charge is -2.13. The summed E-state index contributed by atoms with van der Waals surface area (Å²) in [7, 11) is 0. The van der Waals surface area contributed by atoms with Gasteiger partial charge in [-0.25, -0.2) is 9.69 Å². The van der Waals surface area contributed by atoms with Gasteiger partial charge in [0.25, 0.3) is 11.8 Å². The first-order valence-electron chi connectivity index (χ1n) is 7.75. The van der Waals surface area contributed by atoms with E-state index in [0.29, 0.717) is 11.1 Å². The number of hydrogen-bond acceptors (Lipinski definition) is 6. The summed E-state index contributed by atoms with van der Waals surface area (Å²) in [4.78, 5) is 49.2. The van der Waals surface area contributed by atoms with Gasteiger partial charge in [-0.2, -0.15) is 0 Å². The maximum Gasteiger partial charge on any atom is 0.420 e. The highest BCUT2D eigenvalue weighted by Crippen LogP contribution is 2.22. The number of carbonyl (C=O) groups is 3. The fraction of sp³-hybridized carbons (Fsp3) is 0.111. The second-order valence-electron chi connectivity index (χ2n) is 5.65. The van der Waals surface area contributed by atoms with E-state index in [9.17, 15) is 19.2 Å². The van der Waals surface area contributed by atoms with Gasteiger partial charge in [0.1, 0.15) is 6.54 Å². The molecule has 0 radical (unpaired) electrons. The molecule has 0 atom stereocenters. The molecule has 2 heterocycles. The van der Waals surface area contributed by atoms with E-state index < -0.39 is 30.3 Å². The number of nitrogens with zero attached hydrogens (tertiary/aromatic N) is 2. The smallest absolute Gasteiger partial charge is 0.420 e. The highest BCUT2D eigenvalue weighted by Gasteiger charge is 2.35. The van der Waals surface area contributed by atoms with Gasteiger partial charge < -0.3 is 9.15 Å². The Labute approximate surface area is 146 Å².